The molecule has 1 aromatic carbocycles. The number of rotatable bonds is 4. The van der Waals surface area contributed by atoms with Crippen LogP contribution in [-0.4, -0.2) is 37.6 Å². The maximum absolute atomic E-state index is 14.8. The molecule has 126 valence electrons. The van der Waals surface area contributed by atoms with Gasteiger partial charge in [-0.2, -0.15) is 0 Å². The van der Waals surface area contributed by atoms with Crippen molar-refractivity contribution in [3.05, 3.63) is 24.0 Å². The van der Waals surface area contributed by atoms with E-state index < -0.39 is 24.1 Å². The molecule has 2 saturated heterocycles. The van der Waals surface area contributed by atoms with E-state index in [9.17, 15) is 4.39 Å². The molecule has 1 aromatic rings. The Kier molecular flexibility index (Phi) is 4.42. The lowest BCUT2D eigenvalue weighted by Crippen LogP contribution is -2.41. The Morgan fingerprint density at radius 3 is 2.52 bits per heavy atom. The molecule has 0 N–H and O–H groups in total. The Morgan fingerprint density at radius 2 is 1.91 bits per heavy atom. The molecule has 2 aliphatic rings. The third kappa shape index (κ3) is 3.25. The van der Waals surface area contributed by atoms with Gasteiger partial charge < -0.3 is 18.8 Å². The van der Waals surface area contributed by atoms with Gasteiger partial charge in [0.05, 0.1) is 17.3 Å². The third-order valence-corrected chi connectivity index (χ3v) is 4.95. The van der Waals surface area contributed by atoms with Gasteiger partial charge in [-0.1, -0.05) is 12.1 Å². The van der Waals surface area contributed by atoms with Crippen LogP contribution >= 0.6 is 0 Å². The highest BCUT2D eigenvalue weighted by Gasteiger charge is 2.52. The molecule has 2 fully saturated rings. The molecule has 0 aliphatic carbocycles. The maximum atomic E-state index is 14.8. The van der Waals surface area contributed by atoms with Crippen molar-refractivity contribution in [2.24, 2.45) is 0 Å². The van der Waals surface area contributed by atoms with Crippen LogP contribution < -0.4 is 10.2 Å². The number of ether oxygens (including phenoxy) is 2. The van der Waals surface area contributed by atoms with E-state index in [2.05, 4.69) is 0 Å². The minimum Gasteiger partial charge on any atom is -0.488 e. The van der Waals surface area contributed by atoms with Gasteiger partial charge in [0, 0.05) is 12.1 Å². The first-order valence-corrected chi connectivity index (χ1v) is 8.19. The fraction of sp³-hybridized carbons (Fsp3) is 0.647. The molecule has 3 rings (SSSR count). The summed E-state index contributed by atoms with van der Waals surface area (Å²) in [5.41, 5.74) is -0.634. The van der Waals surface area contributed by atoms with E-state index >= 15 is 0 Å². The van der Waals surface area contributed by atoms with E-state index in [-0.39, 0.29) is 11.9 Å². The quantitative estimate of drug-likeness (QED) is 0.799. The molecule has 4 nitrogen and oxygen atoms in total. The van der Waals surface area contributed by atoms with Crippen LogP contribution in [0.25, 0.3) is 0 Å². The third-order valence-electron chi connectivity index (χ3n) is 4.95. The second-order valence-corrected chi connectivity index (χ2v) is 7.19. The van der Waals surface area contributed by atoms with Crippen molar-refractivity contribution in [3.8, 4) is 5.75 Å². The normalized spacial score (nSPS) is 25.8. The number of benzene rings is 1. The van der Waals surface area contributed by atoms with E-state index in [0.29, 0.717) is 12.1 Å². The molecule has 23 heavy (non-hydrogen) atoms. The molecule has 0 unspecified atom stereocenters. The molecule has 6 heteroatoms. The van der Waals surface area contributed by atoms with E-state index in [1.54, 1.807) is 18.2 Å². The molecule has 2 heterocycles. The van der Waals surface area contributed by atoms with Crippen LogP contribution in [0.1, 0.15) is 40.5 Å². The highest BCUT2D eigenvalue weighted by Crippen LogP contribution is 2.37. The average molecular weight is 322 g/mol. The molecule has 0 radical (unpaired) electrons. The van der Waals surface area contributed by atoms with Gasteiger partial charge in [-0.05, 0) is 46.6 Å². The summed E-state index contributed by atoms with van der Waals surface area (Å²) in [7, 11) is -0.730. The van der Waals surface area contributed by atoms with Crippen molar-refractivity contribution in [3.63, 3.8) is 0 Å². The van der Waals surface area contributed by atoms with E-state index in [4.69, 9.17) is 18.8 Å². The van der Waals surface area contributed by atoms with Crippen molar-refractivity contribution in [1.82, 2.24) is 0 Å². The van der Waals surface area contributed by atoms with Crippen molar-refractivity contribution >= 4 is 12.6 Å². The van der Waals surface area contributed by atoms with Crippen LogP contribution in [-0.2, 0) is 14.0 Å². The van der Waals surface area contributed by atoms with Gasteiger partial charge in [-0.3, -0.25) is 0 Å². The van der Waals surface area contributed by atoms with Crippen LogP contribution in [0.3, 0.4) is 0 Å². The Hall–Kier alpha value is -1.11. The highest BCUT2D eigenvalue weighted by atomic mass is 19.1. The fourth-order valence-corrected chi connectivity index (χ4v) is 2.75. The summed E-state index contributed by atoms with van der Waals surface area (Å²) in [6, 6.07) is 5.06. The van der Waals surface area contributed by atoms with Gasteiger partial charge in [0.25, 0.3) is 0 Å². The molecule has 0 bridgehead atoms. The smallest absolute Gasteiger partial charge is 0.488 e. The SMILES string of the molecule is CC1(C)OB(c2cccc(OC[C@H]3CCCO3)c2F)OC1(C)C. The first-order chi connectivity index (χ1) is 10.8. The summed E-state index contributed by atoms with van der Waals surface area (Å²) in [6.45, 7) is 8.91. The second-order valence-electron chi connectivity index (χ2n) is 7.19. The van der Waals surface area contributed by atoms with Crippen molar-refractivity contribution in [1.29, 1.82) is 0 Å². The summed E-state index contributed by atoms with van der Waals surface area (Å²) in [4.78, 5) is 0. The second kappa shape index (κ2) is 6.08. The van der Waals surface area contributed by atoms with Gasteiger partial charge in [0.1, 0.15) is 6.61 Å². The molecule has 0 saturated carbocycles. The van der Waals surface area contributed by atoms with Crippen LogP contribution in [0.2, 0.25) is 0 Å². The predicted molar refractivity (Wildman–Crippen MR) is 86.6 cm³/mol. The topological polar surface area (TPSA) is 36.9 Å². The largest absolute Gasteiger partial charge is 0.497 e. The zero-order valence-corrected chi connectivity index (χ0v) is 14.2. The fourth-order valence-electron chi connectivity index (χ4n) is 2.75. The molecule has 0 aromatic heterocycles. The molecule has 0 amide bonds. The zero-order chi connectivity index (χ0) is 16.7. The lowest BCUT2D eigenvalue weighted by molar-refractivity contribution is 0.00578. The van der Waals surface area contributed by atoms with Crippen LogP contribution in [0.4, 0.5) is 4.39 Å². The number of hydrogen-bond donors (Lipinski definition) is 0. The summed E-state index contributed by atoms with van der Waals surface area (Å²) in [5, 5.41) is 0. The summed E-state index contributed by atoms with van der Waals surface area (Å²) in [6.07, 6.45) is 2.04. The molecule has 1 atom stereocenters. The Bertz CT molecular complexity index is 554. The summed E-state index contributed by atoms with van der Waals surface area (Å²) >= 11 is 0. The van der Waals surface area contributed by atoms with Gasteiger partial charge in [0.15, 0.2) is 11.6 Å². The van der Waals surface area contributed by atoms with Gasteiger partial charge in [-0.25, -0.2) is 4.39 Å². The first kappa shape index (κ1) is 16.7. The molecular formula is C17H24BFO4. The highest BCUT2D eigenvalue weighted by molar-refractivity contribution is 6.62. The first-order valence-electron chi connectivity index (χ1n) is 8.19. The molecule has 2 aliphatic heterocycles. The number of halogens is 1. The maximum Gasteiger partial charge on any atom is 0.497 e. The van der Waals surface area contributed by atoms with E-state index in [0.717, 1.165) is 19.4 Å². The molecule has 0 spiro atoms. The Labute approximate surface area is 137 Å². The van der Waals surface area contributed by atoms with Crippen LogP contribution in [0, 0.1) is 5.82 Å². The van der Waals surface area contributed by atoms with E-state index in [1.165, 1.54) is 0 Å². The van der Waals surface area contributed by atoms with Gasteiger partial charge >= 0.3 is 7.12 Å². The zero-order valence-electron chi connectivity index (χ0n) is 14.2. The van der Waals surface area contributed by atoms with Crippen LogP contribution in [0.5, 0.6) is 5.75 Å². The molecular weight excluding hydrogens is 298 g/mol. The lowest BCUT2D eigenvalue weighted by atomic mass is 9.78. The van der Waals surface area contributed by atoms with Crippen LogP contribution in [0.15, 0.2) is 18.2 Å². The monoisotopic (exact) mass is 322 g/mol. The number of hydrogen-bond acceptors (Lipinski definition) is 4. The van der Waals surface area contributed by atoms with E-state index in [1.807, 2.05) is 27.7 Å². The van der Waals surface area contributed by atoms with Gasteiger partial charge in [-0.15, -0.1) is 0 Å². The Morgan fingerprint density at radius 1 is 1.22 bits per heavy atom. The van der Waals surface area contributed by atoms with Gasteiger partial charge in [0.2, 0.25) is 0 Å². The minimum absolute atomic E-state index is 0.0508. The standard InChI is InChI=1S/C17H24BFO4/c1-16(2)17(3,4)23-18(22-16)13-8-5-9-14(15(13)19)21-11-12-7-6-10-20-12/h5,8-9,12H,6-7,10-11H2,1-4H3/t12-/m1/s1. The predicted octanol–water partition coefficient (Wildman–Crippen LogP) is 2.68. The van der Waals surface area contributed by atoms with Crippen molar-refractivity contribution in [2.75, 3.05) is 13.2 Å². The minimum atomic E-state index is -0.730. The Balaban J connectivity index is 1.75. The van der Waals surface area contributed by atoms with Crippen molar-refractivity contribution in [2.45, 2.75) is 57.8 Å². The summed E-state index contributed by atoms with van der Waals surface area (Å²) in [5.74, 6) is -0.211. The summed E-state index contributed by atoms with van der Waals surface area (Å²) < 4.78 is 37.7. The van der Waals surface area contributed by atoms with Crippen molar-refractivity contribution < 1.29 is 23.2 Å². The lowest BCUT2D eigenvalue weighted by Gasteiger charge is -2.32. The average Bonchev–Trinajstić information content (AvgIpc) is 3.04.